The number of nitrogens with zero attached hydrogens (tertiary/aromatic N) is 2. The van der Waals surface area contributed by atoms with E-state index in [-0.39, 0.29) is 40.8 Å². The van der Waals surface area contributed by atoms with Gasteiger partial charge in [0.15, 0.2) is 0 Å². The zero-order valence-electron chi connectivity index (χ0n) is 15.6. The van der Waals surface area contributed by atoms with Gasteiger partial charge in [-0.2, -0.15) is 0 Å². The monoisotopic (exact) mass is 479 g/mol. The molecule has 0 radical (unpaired) electrons. The van der Waals surface area contributed by atoms with E-state index in [0.29, 0.717) is 4.47 Å². The maximum Gasteiger partial charge on any atom is 0.373 e. The first-order valence-electron chi connectivity index (χ1n) is 8.28. The Morgan fingerprint density at radius 1 is 1.33 bits per heavy atom. The molecule has 2 heterocycles. The molecule has 0 spiro atoms. The zero-order chi connectivity index (χ0) is 22.0. The number of urea groups is 1. The maximum atomic E-state index is 12.7. The molecule has 0 aliphatic carbocycles. The third-order valence-electron chi connectivity index (χ3n) is 4.09. The number of nitro benzene ring substituents is 1. The van der Waals surface area contributed by atoms with E-state index in [9.17, 15) is 24.5 Å². The predicted molar refractivity (Wildman–Crippen MR) is 104 cm³/mol. The Hall–Kier alpha value is -3.67. The number of halogens is 1. The van der Waals surface area contributed by atoms with Crippen molar-refractivity contribution in [3.05, 3.63) is 61.6 Å². The van der Waals surface area contributed by atoms with Crippen LogP contribution in [-0.4, -0.2) is 42.0 Å². The first-order valence-corrected chi connectivity index (χ1v) is 9.08. The number of furan rings is 1. The van der Waals surface area contributed by atoms with Gasteiger partial charge in [0.1, 0.15) is 11.5 Å². The molecule has 1 aliphatic rings. The van der Waals surface area contributed by atoms with Crippen molar-refractivity contribution in [1.82, 2.24) is 10.2 Å². The average molecular weight is 480 g/mol. The van der Waals surface area contributed by atoms with Gasteiger partial charge < -0.3 is 19.2 Å². The molecule has 1 aliphatic heterocycles. The molecule has 12 heteroatoms. The van der Waals surface area contributed by atoms with Gasteiger partial charge in [-0.15, -0.1) is 0 Å². The van der Waals surface area contributed by atoms with E-state index in [1.165, 1.54) is 44.6 Å². The largest absolute Gasteiger partial charge is 0.490 e. The Labute approximate surface area is 177 Å². The lowest BCUT2D eigenvalue weighted by molar-refractivity contribution is -0.385. The molecule has 1 aromatic carbocycles. The van der Waals surface area contributed by atoms with Crippen LogP contribution in [0.2, 0.25) is 0 Å². The number of rotatable bonds is 6. The van der Waals surface area contributed by atoms with Crippen LogP contribution in [0.25, 0.3) is 6.08 Å². The van der Waals surface area contributed by atoms with Crippen LogP contribution in [-0.2, 0) is 16.1 Å². The molecule has 0 saturated carbocycles. The van der Waals surface area contributed by atoms with Gasteiger partial charge in [0, 0.05) is 16.1 Å². The molecule has 1 aromatic heterocycles. The van der Waals surface area contributed by atoms with E-state index in [0.717, 1.165) is 4.90 Å². The number of benzene rings is 1. The van der Waals surface area contributed by atoms with Crippen molar-refractivity contribution in [3.8, 4) is 5.75 Å². The fourth-order valence-corrected chi connectivity index (χ4v) is 3.23. The Balaban J connectivity index is 1.89. The molecule has 11 nitrogen and oxygen atoms in total. The Morgan fingerprint density at radius 2 is 2.07 bits per heavy atom. The fraction of sp³-hybridized carbons (Fsp3) is 0.167. The van der Waals surface area contributed by atoms with Crippen LogP contribution in [0.5, 0.6) is 5.75 Å². The summed E-state index contributed by atoms with van der Waals surface area (Å²) in [6.07, 6.45) is 1.28. The number of carbonyl (C=O) groups is 3. The van der Waals surface area contributed by atoms with Crippen molar-refractivity contribution >= 4 is 45.6 Å². The van der Waals surface area contributed by atoms with Crippen molar-refractivity contribution < 1.29 is 33.2 Å². The lowest BCUT2D eigenvalue weighted by Crippen LogP contribution is -2.30. The predicted octanol–water partition coefficient (Wildman–Crippen LogP) is 2.84. The molecule has 1 N–H and O–H groups in total. The Morgan fingerprint density at radius 3 is 2.70 bits per heavy atom. The summed E-state index contributed by atoms with van der Waals surface area (Å²) in [7, 11) is 2.45. The van der Waals surface area contributed by atoms with Gasteiger partial charge in [0.05, 0.1) is 25.7 Å². The summed E-state index contributed by atoms with van der Waals surface area (Å²) in [6, 6.07) is 4.86. The highest BCUT2D eigenvalue weighted by Gasteiger charge is 2.35. The third kappa shape index (κ3) is 4.03. The first kappa shape index (κ1) is 21.0. The number of methoxy groups -OCH3 is 2. The number of nitro groups is 1. The van der Waals surface area contributed by atoms with Gasteiger partial charge in [-0.1, -0.05) is 15.9 Å². The van der Waals surface area contributed by atoms with Crippen molar-refractivity contribution in [2.24, 2.45) is 0 Å². The second-order valence-corrected chi connectivity index (χ2v) is 6.86. The number of amides is 3. The van der Waals surface area contributed by atoms with Gasteiger partial charge in [0.2, 0.25) is 11.5 Å². The highest BCUT2D eigenvalue weighted by Crippen LogP contribution is 2.36. The number of nitrogens with one attached hydrogen (secondary N) is 1. The molecule has 0 bridgehead atoms. The summed E-state index contributed by atoms with van der Waals surface area (Å²) in [5.74, 6) is -1.31. The van der Waals surface area contributed by atoms with E-state index < -0.39 is 22.8 Å². The number of hydrogen-bond acceptors (Lipinski definition) is 8. The number of hydrogen-bond donors (Lipinski definition) is 1. The summed E-state index contributed by atoms with van der Waals surface area (Å²) in [5, 5.41) is 13.7. The summed E-state index contributed by atoms with van der Waals surface area (Å²) in [6.45, 7) is -0.227. The van der Waals surface area contributed by atoms with Crippen LogP contribution in [0.1, 0.15) is 21.9 Å². The van der Waals surface area contributed by atoms with E-state index in [1.807, 2.05) is 0 Å². The first-order chi connectivity index (χ1) is 14.2. The van der Waals surface area contributed by atoms with Gasteiger partial charge in [0.25, 0.3) is 5.91 Å². The Kier molecular flexibility index (Phi) is 5.87. The lowest BCUT2D eigenvalue weighted by atomic mass is 10.1. The standard InChI is InChI=1S/C18H14BrN3O8/c1-28-15-9(5-10(19)7-13(15)22(26)27)6-12-16(23)21(18(25)20-12)8-11-3-4-14(30-11)17(24)29-2/h3-7H,8H2,1-2H3,(H,20,25)/b12-6-. The lowest BCUT2D eigenvalue weighted by Gasteiger charge is -2.09. The second kappa shape index (κ2) is 8.37. The molecule has 156 valence electrons. The van der Waals surface area contributed by atoms with Crippen molar-refractivity contribution in [1.29, 1.82) is 0 Å². The van der Waals surface area contributed by atoms with E-state index in [2.05, 4.69) is 26.0 Å². The summed E-state index contributed by atoms with van der Waals surface area (Å²) >= 11 is 3.17. The van der Waals surface area contributed by atoms with Crippen LogP contribution in [0.3, 0.4) is 0 Å². The van der Waals surface area contributed by atoms with Crippen molar-refractivity contribution in [2.45, 2.75) is 6.54 Å². The molecule has 3 rings (SSSR count). The normalized spacial score (nSPS) is 14.8. The molecule has 3 amide bonds. The highest BCUT2D eigenvalue weighted by molar-refractivity contribution is 9.10. The number of imide groups is 1. The minimum absolute atomic E-state index is 0.0649. The smallest absolute Gasteiger partial charge is 0.373 e. The topological polar surface area (TPSA) is 141 Å². The molecule has 30 heavy (non-hydrogen) atoms. The minimum atomic E-state index is -0.717. The van der Waals surface area contributed by atoms with Crippen LogP contribution < -0.4 is 10.1 Å². The summed E-state index contributed by atoms with van der Waals surface area (Å²) < 4.78 is 15.3. The molecule has 1 fully saturated rings. The van der Waals surface area contributed by atoms with Gasteiger partial charge >= 0.3 is 17.7 Å². The van der Waals surface area contributed by atoms with Crippen LogP contribution in [0, 0.1) is 10.1 Å². The summed E-state index contributed by atoms with van der Waals surface area (Å²) in [5.41, 5.74) is -0.196. The van der Waals surface area contributed by atoms with Gasteiger partial charge in [-0.05, 0) is 24.3 Å². The van der Waals surface area contributed by atoms with Crippen LogP contribution >= 0.6 is 15.9 Å². The van der Waals surface area contributed by atoms with Crippen LogP contribution in [0.15, 0.2) is 38.9 Å². The molecule has 0 unspecified atom stereocenters. The fourth-order valence-electron chi connectivity index (χ4n) is 2.76. The average Bonchev–Trinajstić information content (AvgIpc) is 3.27. The Bertz CT molecular complexity index is 1090. The molecule has 0 atom stereocenters. The molecule has 2 aromatic rings. The second-order valence-electron chi connectivity index (χ2n) is 5.94. The van der Waals surface area contributed by atoms with E-state index >= 15 is 0 Å². The van der Waals surface area contributed by atoms with Crippen LogP contribution in [0.4, 0.5) is 10.5 Å². The molecular formula is C18H14BrN3O8. The van der Waals surface area contributed by atoms with Crippen molar-refractivity contribution in [2.75, 3.05) is 14.2 Å². The number of esters is 1. The summed E-state index contributed by atoms with van der Waals surface area (Å²) in [4.78, 5) is 47.9. The number of ether oxygens (including phenoxy) is 2. The maximum absolute atomic E-state index is 12.7. The quantitative estimate of drug-likeness (QED) is 0.219. The molecule has 1 saturated heterocycles. The minimum Gasteiger partial charge on any atom is -0.490 e. The highest BCUT2D eigenvalue weighted by atomic mass is 79.9. The number of carbonyl (C=O) groups excluding carboxylic acids is 3. The third-order valence-corrected chi connectivity index (χ3v) is 4.55. The molecular weight excluding hydrogens is 466 g/mol. The van der Waals surface area contributed by atoms with Gasteiger partial charge in [-0.3, -0.25) is 19.8 Å². The van der Waals surface area contributed by atoms with Crippen molar-refractivity contribution in [3.63, 3.8) is 0 Å². The zero-order valence-corrected chi connectivity index (χ0v) is 17.2. The van der Waals surface area contributed by atoms with E-state index in [1.54, 1.807) is 0 Å². The van der Waals surface area contributed by atoms with E-state index in [4.69, 9.17) is 9.15 Å². The SMILES string of the molecule is COC(=O)c1ccc(CN2C(=O)N/C(=C\c3cc(Br)cc([N+](=O)[O-])c3OC)C2=O)o1. The van der Waals surface area contributed by atoms with Gasteiger partial charge in [-0.25, -0.2) is 9.59 Å².